The first-order valence-corrected chi connectivity index (χ1v) is 6.91. The Bertz CT molecular complexity index is 360. The van der Waals surface area contributed by atoms with Crippen LogP contribution in [0.3, 0.4) is 0 Å². The van der Waals surface area contributed by atoms with Gasteiger partial charge in [-0.05, 0) is 6.42 Å². The minimum Gasteiger partial charge on any atom is -1.00 e. The fraction of sp³-hybridized carbons (Fsp3) is 0.750. The van der Waals surface area contributed by atoms with Crippen LogP contribution in [0.2, 0.25) is 0 Å². The van der Waals surface area contributed by atoms with Crippen LogP contribution in [-0.2, 0) is 20.0 Å². The van der Waals surface area contributed by atoms with Gasteiger partial charge in [-0.3, -0.25) is 18.7 Å². The molecule has 19 heavy (non-hydrogen) atoms. The number of hydrogen-bond donors (Lipinski definition) is 5. The van der Waals surface area contributed by atoms with Crippen LogP contribution in [-0.4, -0.2) is 47.7 Å². The maximum atomic E-state index is 10.7. The van der Waals surface area contributed by atoms with Crippen molar-refractivity contribution in [3.05, 3.63) is 0 Å². The van der Waals surface area contributed by atoms with Crippen molar-refractivity contribution >= 4 is 34.8 Å². The Labute approximate surface area is 141 Å². The monoisotopic (exact) mass is 326 g/mol. The van der Waals surface area contributed by atoms with E-state index in [0.29, 0.717) is 18.7 Å². The quantitative estimate of drug-likeness (QED) is 0.201. The normalized spacial score (nSPS) is 11.2. The molecule has 8 nitrogen and oxygen atoms in total. The summed E-state index contributed by atoms with van der Waals surface area (Å²) in [5.74, 6) is 0.460. The van der Waals surface area contributed by atoms with Crippen LogP contribution in [0.15, 0.2) is 0 Å². The molecule has 1 unspecified atom stereocenters. The van der Waals surface area contributed by atoms with Gasteiger partial charge >= 0.3 is 40.0 Å². The van der Waals surface area contributed by atoms with E-state index in [-0.39, 0.29) is 48.8 Å². The van der Waals surface area contributed by atoms with Crippen molar-refractivity contribution in [3.8, 4) is 0 Å². The molecule has 0 aliphatic heterocycles. The maximum Gasteiger partial charge on any atom is 1.00 e. The number of thiol groups is 1. The summed E-state index contributed by atoms with van der Waals surface area (Å²) in [6, 6.07) is 0.0349. The Morgan fingerprint density at radius 2 is 1.68 bits per heavy atom. The number of hydrogen-bond acceptors (Lipinski definition) is 5. The molecule has 1 atom stereocenters. The molecule has 0 aromatic heterocycles. The molecule has 0 radical (unpaired) electrons. The topological polar surface area (TPSA) is 133 Å². The first-order chi connectivity index (χ1) is 8.06. The zero-order chi connectivity index (χ0) is 14.8. The van der Waals surface area contributed by atoms with E-state index in [1.54, 1.807) is 0 Å². The Morgan fingerprint density at radius 3 is 1.95 bits per heavy atom. The van der Waals surface area contributed by atoms with Crippen molar-refractivity contribution in [2.45, 2.75) is 26.3 Å². The van der Waals surface area contributed by atoms with E-state index in [1.165, 1.54) is 13.8 Å². The van der Waals surface area contributed by atoms with Crippen LogP contribution in [0.1, 0.15) is 21.7 Å². The Hall–Kier alpha value is 0.160. The largest absolute Gasteiger partial charge is 1.00 e. The third-order valence-electron chi connectivity index (χ3n) is 1.49. The second kappa shape index (κ2) is 13.2. The van der Waals surface area contributed by atoms with Crippen LogP contribution in [0.4, 0.5) is 0 Å². The van der Waals surface area contributed by atoms with Gasteiger partial charge in [-0.15, -0.1) is 0 Å². The molecule has 0 heterocycles. The number of carbonyl (C=O) groups is 2. The smallest absolute Gasteiger partial charge is 1.00 e. The summed E-state index contributed by atoms with van der Waals surface area (Å²) >= 11 is 4.09. The van der Waals surface area contributed by atoms with Gasteiger partial charge in [-0.25, -0.2) is 0 Å². The van der Waals surface area contributed by atoms with Crippen LogP contribution in [0.25, 0.3) is 0 Å². The maximum absolute atomic E-state index is 10.7. The molecule has 0 bridgehead atoms. The van der Waals surface area contributed by atoms with Crippen molar-refractivity contribution in [2.75, 3.05) is 12.3 Å². The SMILES string of the molecule is CC(=O)NCCC(CS)NC(C)=O.O=S(=O)(O)O.[H-].[Na+]. The second-order valence-corrected chi connectivity index (χ2v) is 4.56. The van der Waals surface area contributed by atoms with Gasteiger partial charge in [0.15, 0.2) is 0 Å². The third-order valence-corrected chi connectivity index (χ3v) is 1.94. The molecule has 0 aromatic carbocycles. The fourth-order valence-corrected chi connectivity index (χ4v) is 1.19. The van der Waals surface area contributed by atoms with Crippen LogP contribution >= 0.6 is 12.6 Å². The van der Waals surface area contributed by atoms with Crippen LogP contribution in [0.5, 0.6) is 0 Å². The van der Waals surface area contributed by atoms with Gasteiger partial charge in [0.05, 0.1) is 0 Å². The summed E-state index contributed by atoms with van der Waals surface area (Å²) in [5.41, 5.74) is 0. The van der Waals surface area contributed by atoms with Crippen molar-refractivity contribution in [3.63, 3.8) is 0 Å². The van der Waals surface area contributed by atoms with E-state index >= 15 is 0 Å². The molecular weight excluding hydrogens is 307 g/mol. The van der Waals surface area contributed by atoms with Gasteiger partial charge in [0.1, 0.15) is 0 Å². The zero-order valence-electron chi connectivity index (χ0n) is 12.1. The van der Waals surface area contributed by atoms with Gasteiger partial charge in [-0.1, -0.05) is 0 Å². The molecule has 110 valence electrons. The summed E-state index contributed by atoms with van der Waals surface area (Å²) in [4.78, 5) is 21.2. The van der Waals surface area contributed by atoms with Gasteiger partial charge in [0.2, 0.25) is 11.8 Å². The summed E-state index contributed by atoms with van der Waals surface area (Å²) in [5, 5.41) is 5.40. The molecule has 11 heteroatoms. The van der Waals surface area contributed by atoms with E-state index in [1.807, 2.05) is 0 Å². The first-order valence-electron chi connectivity index (χ1n) is 4.88. The number of nitrogens with one attached hydrogen (secondary N) is 2. The van der Waals surface area contributed by atoms with Gasteiger partial charge < -0.3 is 12.1 Å². The van der Waals surface area contributed by atoms with E-state index in [9.17, 15) is 9.59 Å². The molecule has 2 amide bonds. The first kappa shape index (κ1) is 24.2. The van der Waals surface area contributed by atoms with Crippen molar-refractivity contribution in [2.24, 2.45) is 0 Å². The minimum absolute atomic E-state index is 0. The summed E-state index contributed by atoms with van der Waals surface area (Å²) in [6.45, 7) is 3.50. The Balaban J connectivity index is -0.000000158. The summed E-state index contributed by atoms with van der Waals surface area (Å²) in [7, 11) is -4.67. The molecule has 0 saturated heterocycles. The fourth-order valence-electron chi connectivity index (χ4n) is 0.919. The molecule has 4 N–H and O–H groups in total. The summed E-state index contributed by atoms with van der Waals surface area (Å²) in [6.07, 6.45) is 0.711. The third kappa shape index (κ3) is 32.1. The Kier molecular flexibility index (Phi) is 16.8. The summed E-state index contributed by atoms with van der Waals surface area (Å²) < 4.78 is 31.6. The predicted octanol–water partition coefficient (Wildman–Crippen LogP) is -3.59. The second-order valence-electron chi connectivity index (χ2n) is 3.30. The van der Waals surface area contributed by atoms with Crippen molar-refractivity contribution < 1.29 is 58.1 Å². The van der Waals surface area contributed by atoms with E-state index in [0.717, 1.165) is 0 Å². The molecule has 0 aliphatic rings. The molecule has 0 aliphatic carbocycles. The van der Waals surface area contributed by atoms with Gasteiger partial charge in [0, 0.05) is 32.2 Å². The standard InChI is InChI=1S/C8H16N2O2S.Na.H2O4S.H/c1-6(11)9-4-3-8(5-13)10-7(2)12;;1-5(2,3)4;/h8,13H,3-5H2,1-2H3,(H,9,11)(H,10,12);;(H2,1,2,3,4);/q;+1;;-1. The number of carbonyl (C=O) groups excluding carboxylic acids is 2. The van der Waals surface area contributed by atoms with Crippen LogP contribution in [0, 0.1) is 0 Å². The van der Waals surface area contributed by atoms with Gasteiger partial charge in [-0.2, -0.15) is 21.0 Å². The molecule has 0 rings (SSSR count). The number of amides is 2. The predicted molar refractivity (Wildman–Crippen MR) is 70.0 cm³/mol. The van der Waals surface area contributed by atoms with Crippen molar-refractivity contribution in [1.29, 1.82) is 0 Å². The average molecular weight is 326 g/mol. The Morgan fingerprint density at radius 1 is 1.26 bits per heavy atom. The van der Waals surface area contributed by atoms with E-state index < -0.39 is 10.4 Å². The van der Waals surface area contributed by atoms with Crippen molar-refractivity contribution in [1.82, 2.24) is 10.6 Å². The molecule has 0 saturated carbocycles. The molecule has 0 fully saturated rings. The minimum atomic E-state index is -4.67. The van der Waals surface area contributed by atoms with E-state index in [2.05, 4.69) is 23.3 Å². The zero-order valence-corrected chi connectivity index (χ0v) is 14.8. The van der Waals surface area contributed by atoms with Crippen LogP contribution < -0.4 is 40.2 Å². The number of rotatable bonds is 5. The molecular formula is C8H19N2NaO6S2. The van der Waals surface area contributed by atoms with E-state index in [4.69, 9.17) is 17.5 Å². The average Bonchev–Trinajstić information content (AvgIpc) is 2.12. The van der Waals surface area contributed by atoms with Gasteiger partial charge in [0.25, 0.3) is 0 Å². The molecule has 0 spiro atoms. The molecule has 0 aromatic rings.